The smallest absolute Gasteiger partial charge is 0.145 e. The minimum atomic E-state index is 0.645. The molecule has 0 saturated carbocycles. The summed E-state index contributed by atoms with van der Waals surface area (Å²) in [5, 5.41) is 0.645. The van der Waals surface area contributed by atoms with Crippen molar-refractivity contribution in [3.8, 4) is 11.4 Å². The van der Waals surface area contributed by atoms with Gasteiger partial charge in [-0.15, -0.1) is 0 Å². The van der Waals surface area contributed by atoms with Crippen LogP contribution in [0.25, 0.3) is 16.9 Å². The van der Waals surface area contributed by atoms with Crippen molar-refractivity contribution in [1.29, 1.82) is 0 Å². The third-order valence-electron chi connectivity index (χ3n) is 2.67. The molecule has 2 N–H and O–H groups in total. The number of nitrogens with zero attached hydrogens (tertiary/aromatic N) is 2. The lowest BCUT2D eigenvalue weighted by atomic mass is 10.2. The summed E-state index contributed by atoms with van der Waals surface area (Å²) in [6.07, 6.45) is 1.80. The van der Waals surface area contributed by atoms with Crippen LogP contribution < -0.4 is 5.73 Å². The number of benzene rings is 1. The minimum absolute atomic E-state index is 0.645. The normalized spacial score (nSPS) is 10.9. The summed E-state index contributed by atoms with van der Waals surface area (Å²) in [5.41, 5.74) is 8.38. The molecular formula is C13H10ClN3. The van der Waals surface area contributed by atoms with Crippen LogP contribution in [0.4, 0.5) is 5.69 Å². The van der Waals surface area contributed by atoms with Crippen LogP contribution in [0.5, 0.6) is 0 Å². The first-order valence-electron chi connectivity index (χ1n) is 5.23. The van der Waals surface area contributed by atoms with E-state index >= 15 is 0 Å². The zero-order valence-corrected chi connectivity index (χ0v) is 9.72. The first-order valence-corrected chi connectivity index (χ1v) is 5.61. The van der Waals surface area contributed by atoms with E-state index in [1.54, 1.807) is 6.20 Å². The van der Waals surface area contributed by atoms with Gasteiger partial charge < -0.3 is 5.73 Å². The fourth-order valence-corrected chi connectivity index (χ4v) is 2.09. The molecule has 0 amide bonds. The van der Waals surface area contributed by atoms with Crippen molar-refractivity contribution in [3.63, 3.8) is 0 Å². The van der Waals surface area contributed by atoms with E-state index in [2.05, 4.69) is 4.98 Å². The fraction of sp³-hybridized carbons (Fsp3) is 0. The molecule has 0 aliphatic heterocycles. The van der Waals surface area contributed by atoms with Crippen molar-refractivity contribution in [3.05, 3.63) is 53.8 Å². The highest BCUT2D eigenvalue weighted by Gasteiger charge is 2.08. The van der Waals surface area contributed by atoms with Gasteiger partial charge >= 0.3 is 0 Å². The zero-order chi connectivity index (χ0) is 11.8. The Balaban J connectivity index is 2.27. The third kappa shape index (κ3) is 1.65. The van der Waals surface area contributed by atoms with Gasteiger partial charge in [0.1, 0.15) is 11.0 Å². The number of halogens is 1. The number of rotatable bonds is 1. The molecule has 4 heteroatoms. The highest BCUT2D eigenvalue weighted by molar-refractivity contribution is 6.30. The van der Waals surface area contributed by atoms with Crippen LogP contribution in [-0.4, -0.2) is 9.38 Å². The van der Waals surface area contributed by atoms with Gasteiger partial charge in [-0.25, -0.2) is 4.98 Å². The molecule has 17 heavy (non-hydrogen) atoms. The average Bonchev–Trinajstić information content (AvgIpc) is 2.75. The van der Waals surface area contributed by atoms with Crippen LogP contribution in [0.3, 0.4) is 0 Å². The molecule has 0 saturated heterocycles. The molecule has 0 bridgehead atoms. The summed E-state index contributed by atoms with van der Waals surface area (Å²) >= 11 is 6.18. The second-order valence-corrected chi connectivity index (χ2v) is 4.20. The summed E-state index contributed by atoms with van der Waals surface area (Å²) in [6.45, 7) is 0. The first kappa shape index (κ1) is 10.2. The van der Waals surface area contributed by atoms with Crippen LogP contribution in [0, 0.1) is 0 Å². The van der Waals surface area contributed by atoms with E-state index in [4.69, 9.17) is 17.3 Å². The molecule has 2 heterocycles. The van der Waals surface area contributed by atoms with Crippen molar-refractivity contribution in [2.45, 2.75) is 0 Å². The van der Waals surface area contributed by atoms with Gasteiger partial charge in [-0.05, 0) is 36.4 Å². The van der Waals surface area contributed by atoms with Gasteiger partial charge in [0.05, 0.1) is 11.7 Å². The van der Waals surface area contributed by atoms with E-state index < -0.39 is 0 Å². The Hall–Kier alpha value is -2.00. The lowest BCUT2D eigenvalue weighted by Gasteiger charge is -2.03. The summed E-state index contributed by atoms with van der Waals surface area (Å²) in [6, 6.07) is 13.3. The van der Waals surface area contributed by atoms with E-state index in [9.17, 15) is 0 Å². The number of pyridine rings is 1. The van der Waals surface area contributed by atoms with Crippen molar-refractivity contribution in [2.75, 3.05) is 5.73 Å². The highest BCUT2D eigenvalue weighted by atomic mass is 35.5. The summed E-state index contributed by atoms with van der Waals surface area (Å²) < 4.78 is 1.91. The Morgan fingerprint density at radius 3 is 2.59 bits per heavy atom. The maximum absolute atomic E-state index is 6.18. The van der Waals surface area contributed by atoms with E-state index in [1.165, 1.54) is 0 Å². The number of nitrogen functional groups attached to an aromatic ring is 1. The van der Waals surface area contributed by atoms with E-state index in [-0.39, 0.29) is 0 Å². The Bertz CT molecular complexity index is 671. The lowest BCUT2D eigenvalue weighted by Crippen LogP contribution is -1.91. The van der Waals surface area contributed by atoms with Crippen molar-refractivity contribution in [2.24, 2.45) is 0 Å². The van der Waals surface area contributed by atoms with Crippen LogP contribution in [0.2, 0.25) is 5.15 Å². The largest absolute Gasteiger partial charge is 0.399 e. The van der Waals surface area contributed by atoms with E-state index in [0.717, 1.165) is 22.6 Å². The molecule has 0 aliphatic rings. The minimum Gasteiger partial charge on any atom is -0.399 e. The molecule has 0 radical (unpaired) electrons. The summed E-state index contributed by atoms with van der Waals surface area (Å²) in [7, 11) is 0. The predicted molar refractivity (Wildman–Crippen MR) is 70.1 cm³/mol. The number of hydrogen-bond acceptors (Lipinski definition) is 2. The second kappa shape index (κ2) is 3.79. The Morgan fingerprint density at radius 2 is 1.82 bits per heavy atom. The summed E-state index contributed by atoms with van der Waals surface area (Å²) in [4.78, 5) is 4.39. The van der Waals surface area contributed by atoms with Crippen LogP contribution in [-0.2, 0) is 0 Å². The number of anilines is 1. The number of fused-ring (bicyclic) bond motifs is 1. The van der Waals surface area contributed by atoms with Gasteiger partial charge in [0, 0.05) is 11.3 Å². The molecule has 2 aromatic heterocycles. The quantitative estimate of drug-likeness (QED) is 0.527. The monoisotopic (exact) mass is 243 g/mol. The summed E-state index contributed by atoms with van der Waals surface area (Å²) in [5.74, 6) is 0.825. The lowest BCUT2D eigenvalue weighted by molar-refractivity contribution is 1.16. The Kier molecular flexibility index (Phi) is 2.27. The number of hydrogen-bond donors (Lipinski definition) is 1. The molecule has 84 valence electrons. The Morgan fingerprint density at radius 1 is 1.06 bits per heavy atom. The fourth-order valence-electron chi connectivity index (χ4n) is 1.84. The van der Waals surface area contributed by atoms with Crippen LogP contribution in [0.15, 0.2) is 48.7 Å². The molecule has 0 fully saturated rings. The first-order chi connectivity index (χ1) is 8.25. The van der Waals surface area contributed by atoms with E-state index in [1.807, 2.05) is 46.9 Å². The van der Waals surface area contributed by atoms with Crippen LogP contribution in [0.1, 0.15) is 0 Å². The third-order valence-corrected chi connectivity index (χ3v) is 2.97. The van der Waals surface area contributed by atoms with Crippen molar-refractivity contribution in [1.82, 2.24) is 9.38 Å². The number of aromatic nitrogens is 2. The average molecular weight is 244 g/mol. The molecule has 0 aliphatic carbocycles. The molecule has 3 nitrogen and oxygen atoms in total. The zero-order valence-electron chi connectivity index (χ0n) is 8.97. The molecule has 0 spiro atoms. The molecule has 3 aromatic rings. The van der Waals surface area contributed by atoms with E-state index in [0.29, 0.717) is 5.15 Å². The molecule has 0 atom stereocenters. The van der Waals surface area contributed by atoms with Gasteiger partial charge in [-0.2, -0.15) is 0 Å². The Labute approximate surface area is 103 Å². The van der Waals surface area contributed by atoms with Gasteiger partial charge in [0.2, 0.25) is 0 Å². The van der Waals surface area contributed by atoms with Crippen molar-refractivity contribution >= 4 is 22.8 Å². The molecular weight excluding hydrogens is 234 g/mol. The van der Waals surface area contributed by atoms with Gasteiger partial charge in [-0.3, -0.25) is 4.40 Å². The highest BCUT2D eigenvalue weighted by Crippen LogP contribution is 2.24. The van der Waals surface area contributed by atoms with Gasteiger partial charge in [0.25, 0.3) is 0 Å². The standard InChI is InChI=1S/C13H10ClN3/c14-12-3-1-2-11-8-16-13(17(11)12)9-4-6-10(15)7-5-9/h1-8H,15H2. The molecule has 0 unspecified atom stereocenters. The van der Waals surface area contributed by atoms with Gasteiger partial charge in [-0.1, -0.05) is 17.7 Å². The van der Waals surface area contributed by atoms with Crippen LogP contribution >= 0.6 is 11.6 Å². The number of nitrogens with two attached hydrogens (primary N) is 1. The SMILES string of the molecule is Nc1ccc(-c2ncc3cccc(Cl)n23)cc1. The number of imidazole rings is 1. The molecule has 1 aromatic carbocycles. The topological polar surface area (TPSA) is 43.3 Å². The second-order valence-electron chi connectivity index (χ2n) is 3.81. The maximum Gasteiger partial charge on any atom is 0.145 e. The van der Waals surface area contributed by atoms with Gasteiger partial charge in [0.15, 0.2) is 0 Å². The maximum atomic E-state index is 6.18. The molecule has 3 rings (SSSR count). The predicted octanol–water partition coefficient (Wildman–Crippen LogP) is 3.24. The van der Waals surface area contributed by atoms with Crippen molar-refractivity contribution < 1.29 is 0 Å².